The van der Waals surface area contributed by atoms with Crippen LogP contribution in [-0.4, -0.2) is 41.5 Å². The number of carbonyl (C=O) groups is 1. The van der Waals surface area contributed by atoms with Gasteiger partial charge in [-0.3, -0.25) is 9.35 Å². The van der Waals surface area contributed by atoms with Crippen LogP contribution in [0.1, 0.15) is 52.4 Å². The second-order valence-electron chi connectivity index (χ2n) is 7.57. The van der Waals surface area contributed by atoms with E-state index in [-0.39, 0.29) is 17.8 Å². The molecule has 2 bridgehead atoms. The van der Waals surface area contributed by atoms with Crippen molar-refractivity contribution in [2.45, 2.75) is 63.2 Å². The van der Waals surface area contributed by atoms with Gasteiger partial charge in [0.2, 0.25) is 0 Å². The highest BCUT2D eigenvalue weighted by Crippen LogP contribution is 2.52. The van der Waals surface area contributed by atoms with Crippen LogP contribution in [0.5, 0.6) is 0 Å². The third kappa shape index (κ3) is 4.14. The Morgan fingerprint density at radius 2 is 1.92 bits per heavy atom. The van der Waals surface area contributed by atoms with Crippen molar-refractivity contribution in [3.05, 3.63) is 0 Å². The van der Waals surface area contributed by atoms with Gasteiger partial charge in [0.15, 0.2) is 6.61 Å². The van der Waals surface area contributed by atoms with Crippen molar-refractivity contribution < 1.29 is 36.4 Å². The summed E-state index contributed by atoms with van der Waals surface area (Å²) in [5.74, 6) is -1.32. The molecule has 5 unspecified atom stereocenters. The Labute approximate surface area is 146 Å². The van der Waals surface area contributed by atoms with Gasteiger partial charge in [0, 0.05) is 0 Å². The van der Waals surface area contributed by atoms with Crippen LogP contribution in [0.4, 0.5) is 8.78 Å². The summed E-state index contributed by atoms with van der Waals surface area (Å²) in [6.07, 6.45) is 3.81. The summed E-state index contributed by atoms with van der Waals surface area (Å²) in [4.78, 5) is 12.1. The second-order valence-corrected chi connectivity index (χ2v) is 9.11. The van der Waals surface area contributed by atoms with Crippen molar-refractivity contribution in [2.75, 3.05) is 6.61 Å². The third-order valence-corrected chi connectivity index (χ3v) is 6.67. The molecular weight excluding hydrogens is 358 g/mol. The van der Waals surface area contributed by atoms with E-state index in [4.69, 9.17) is 4.55 Å². The van der Waals surface area contributed by atoms with Crippen LogP contribution in [0.15, 0.2) is 0 Å². The molecule has 2 rings (SSSR count). The summed E-state index contributed by atoms with van der Waals surface area (Å²) in [5.41, 5.74) is -0.872. The van der Waals surface area contributed by atoms with Crippen LogP contribution in [0.2, 0.25) is 0 Å². The van der Waals surface area contributed by atoms with Crippen molar-refractivity contribution in [3.8, 4) is 0 Å². The molecule has 0 amide bonds. The molecule has 0 heterocycles. The average molecular weight is 384 g/mol. The van der Waals surface area contributed by atoms with Crippen LogP contribution in [0, 0.1) is 23.7 Å². The minimum Gasteiger partial charge on any atom is -0.458 e. The Kier molecular flexibility index (Phi) is 5.80. The van der Waals surface area contributed by atoms with Gasteiger partial charge in [0.1, 0.15) is 0 Å². The van der Waals surface area contributed by atoms with Gasteiger partial charge in [-0.05, 0) is 49.9 Å². The van der Waals surface area contributed by atoms with E-state index < -0.39 is 39.5 Å². The van der Waals surface area contributed by atoms with Crippen molar-refractivity contribution in [1.82, 2.24) is 0 Å². The molecule has 0 saturated heterocycles. The lowest BCUT2D eigenvalue weighted by Crippen LogP contribution is -2.52. The van der Waals surface area contributed by atoms with Crippen LogP contribution in [0.25, 0.3) is 0 Å². The smallest absolute Gasteiger partial charge is 0.402 e. The zero-order chi connectivity index (χ0) is 19.0. The predicted molar refractivity (Wildman–Crippen MR) is 85.4 cm³/mol. The van der Waals surface area contributed by atoms with Crippen LogP contribution < -0.4 is 0 Å². The highest BCUT2D eigenvalue weighted by molar-refractivity contribution is 7.86. The summed E-state index contributed by atoms with van der Waals surface area (Å²) in [7, 11) is -5.63. The maximum atomic E-state index is 13.2. The molecule has 5 atom stereocenters. The largest absolute Gasteiger partial charge is 0.458 e. The first-order valence-electron chi connectivity index (χ1n) is 8.64. The molecule has 6 nitrogen and oxygen atoms in total. The van der Waals surface area contributed by atoms with E-state index in [1.807, 2.05) is 13.8 Å². The van der Waals surface area contributed by atoms with Crippen LogP contribution >= 0.6 is 0 Å². The molecule has 2 fully saturated rings. The zero-order valence-corrected chi connectivity index (χ0v) is 15.3. The fourth-order valence-electron chi connectivity index (χ4n) is 4.53. The van der Waals surface area contributed by atoms with Gasteiger partial charge in [-0.15, -0.1) is 0 Å². The summed E-state index contributed by atoms with van der Waals surface area (Å²) < 4.78 is 60.5. The van der Waals surface area contributed by atoms with E-state index in [0.29, 0.717) is 19.3 Å². The molecule has 25 heavy (non-hydrogen) atoms. The molecule has 0 radical (unpaired) electrons. The Morgan fingerprint density at radius 3 is 2.48 bits per heavy atom. The van der Waals surface area contributed by atoms with Gasteiger partial charge in [-0.25, -0.2) is 0 Å². The van der Waals surface area contributed by atoms with E-state index in [1.54, 1.807) is 0 Å². The van der Waals surface area contributed by atoms with Crippen molar-refractivity contribution in [3.63, 3.8) is 0 Å². The van der Waals surface area contributed by atoms with Gasteiger partial charge in [0.05, 0.1) is 11.5 Å². The number of hydrogen-bond acceptors (Lipinski definition) is 5. The number of esters is 1. The van der Waals surface area contributed by atoms with Gasteiger partial charge in [0.25, 0.3) is 0 Å². The topological polar surface area (TPSA) is 101 Å². The molecule has 2 N–H and O–H groups in total. The third-order valence-electron chi connectivity index (χ3n) is 5.80. The van der Waals surface area contributed by atoms with Crippen molar-refractivity contribution in [2.24, 2.45) is 23.7 Å². The molecule has 0 aromatic rings. The standard InChI is InChI=1S/C16H26F2O6S/c1-3-4-15(20)10(2)5-11-6-12(8-13(15)7-11)14(19)24-9-16(17,18)25(21,22)23/h10-13,20H,3-9H2,1-2H3,(H,21,22,23). The monoisotopic (exact) mass is 384 g/mol. The van der Waals surface area contributed by atoms with Crippen LogP contribution in [0.3, 0.4) is 0 Å². The minimum absolute atomic E-state index is 0.102. The highest BCUT2D eigenvalue weighted by Gasteiger charge is 2.51. The highest BCUT2D eigenvalue weighted by atomic mass is 32.2. The molecule has 0 spiro atoms. The number of carbonyl (C=O) groups excluding carboxylic acids is 1. The molecular formula is C16H26F2O6S. The van der Waals surface area contributed by atoms with Gasteiger partial charge in [-0.2, -0.15) is 17.2 Å². The minimum atomic E-state index is -5.63. The quantitative estimate of drug-likeness (QED) is 0.539. The number of hydrogen-bond donors (Lipinski definition) is 2. The summed E-state index contributed by atoms with van der Waals surface area (Å²) >= 11 is 0. The number of fused-ring (bicyclic) bond motifs is 2. The number of halogens is 2. The molecule has 2 aliphatic rings. The maximum absolute atomic E-state index is 13.2. The van der Waals surface area contributed by atoms with Crippen molar-refractivity contribution in [1.29, 1.82) is 0 Å². The van der Waals surface area contributed by atoms with E-state index in [0.717, 1.165) is 19.3 Å². The van der Waals surface area contributed by atoms with E-state index in [9.17, 15) is 27.1 Å². The molecule has 0 aromatic carbocycles. The first-order chi connectivity index (χ1) is 11.4. The lowest BCUT2D eigenvalue weighted by molar-refractivity contribution is -0.166. The van der Waals surface area contributed by atoms with Crippen molar-refractivity contribution >= 4 is 16.1 Å². The predicted octanol–water partition coefficient (Wildman–Crippen LogP) is 2.61. The molecule has 2 saturated carbocycles. The van der Waals surface area contributed by atoms with Crippen LogP contribution in [-0.2, 0) is 19.6 Å². The summed E-state index contributed by atoms with van der Waals surface area (Å²) in [6.45, 7) is 2.27. The lowest BCUT2D eigenvalue weighted by atomic mass is 9.56. The van der Waals surface area contributed by atoms with Gasteiger partial charge >= 0.3 is 21.3 Å². The molecule has 0 aliphatic heterocycles. The molecule has 9 heteroatoms. The van der Waals surface area contributed by atoms with E-state index >= 15 is 0 Å². The number of rotatable bonds is 6. The first kappa shape index (κ1) is 20.5. The fourth-order valence-corrected chi connectivity index (χ4v) is 4.74. The lowest BCUT2D eigenvalue weighted by Gasteiger charge is -2.52. The SMILES string of the molecule is CCCC1(O)C(C)CC2CC(C(=O)OCC(F)(F)S(=O)(=O)O)CC1C2. The zero-order valence-electron chi connectivity index (χ0n) is 14.5. The Bertz CT molecular complexity index is 606. The molecule has 146 valence electrons. The number of ether oxygens (including phenoxy) is 1. The molecule has 0 aromatic heterocycles. The maximum Gasteiger partial charge on any atom is 0.402 e. The summed E-state index contributed by atoms with van der Waals surface area (Å²) in [5, 5.41) is 6.51. The second kappa shape index (κ2) is 7.08. The fraction of sp³-hybridized carbons (Fsp3) is 0.938. The first-order valence-corrected chi connectivity index (χ1v) is 10.1. The van der Waals surface area contributed by atoms with E-state index in [1.165, 1.54) is 0 Å². The van der Waals surface area contributed by atoms with Gasteiger partial charge < -0.3 is 9.84 Å². The average Bonchev–Trinajstić information content (AvgIpc) is 2.50. The Hall–Kier alpha value is -0.800. The normalized spacial score (nSPS) is 36.1. The van der Waals surface area contributed by atoms with E-state index in [2.05, 4.69) is 4.74 Å². The van der Waals surface area contributed by atoms with Gasteiger partial charge in [-0.1, -0.05) is 20.3 Å². The Morgan fingerprint density at radius 1 is 1.28 bits per heavy atom. The number of aliphatic hydroxyl groups is 1. The molecule has 2 aliphatic carbocycles. The number of alkyl halides is 2. The Balaban J connectivity index is 2.04. The summed E-state index contributed by atoms with van der Waals surface area (Å²) in [6, 6.07) is 0.